The summed E-state index contributed by atoms with van der Waals surface area (Å²) in [4.78, 5) is 12.0. The Labute approximate surface area is 132 Å². The molecule has 22 heavy (non-hydrogen) atoms. The van der Waals surface area contributed by atoms with Crippen LogP contribution in [0, 0.1) is 13.8 Å². The summed E-state index contributed by atoms with van der Waals surface area (Å²) in [6.07, 6.45) is 0.537. The summed E-state index contributed by atoms with van der Waals surface area (Å²) in [5, 5.41) is 11.1. The lowest BCUT2D eigenvalue weighted by Crippen LogP contribution is -2.34. The molecule has 0 fully saturated rings. The number of carboxylic acids is 1. The topological polar surface area (TPSA) is 96.6 Å². The Morgan fingerprint density at radius 2 is 2.09 bits per heavy atom. The number of nitrogens with one attached hydrogen (secondary N) is 1. The van der Waals surface area contributed by atoms with Crippen LogP contribution in [0.3, 0.4) is 0 Å². The molecule has 0 amide bonds. The Balaban J connectivity index is 2.29. The van der Waals surface area contributed by atoms with Crippen molar-refractivity contribution >= 4 is 27.3 Å². The van der Waals surface area contributed by atoms with Gasteiger partial charge < -0.3 is 9.52 Å². The van der Waals surface area contributed by atoms with Crippen LogP contribution in [-0.2, 0) is 16.4 Å². The molecule has 8 heteroatoms. The zero-order valence-corrected chi connectivity index (χ0v) is 14.0. The molecule has 0 aliphatic rings. The Morgan fingerprint density at radius 1 is 1.41 bits per heavy atom. The summed E-state index contributed by atoms with van der Waals surface area (Å²) in [7, 11) is -3.97. The zero-order valence-electron chi connectivity index (χ0n) is 12.4. The minimum absolute atomic E-state index is 0.0747. The number of carboxylic acid groups (broad SMARTS) is 1. The molecule has 2 aromatic heterocycles. The van der Waals surface area contributed by atoms with Crippen LogP contribution < -0.4 is 4.72 Å². The second kappa shape index (κ2) is 6.23. The molecule has 0 saturated carbocycles. The first kappa shape index (κ1) is 16.7. The van der Waals surface area contributed by atoms with E-state index in [1.165, 1.54) is 13.8 Å². The highest BCUT2D eigenvalue weighted by Crippen LogP contribution is 2.27. The third kappa shape index (κ3) is 3.40. The van der Waals surface area contributed by atoms with E-state index in [0.717, 1.165) is 4.88 Å². The molecule has 0 aliphatic heterocycles. The fourth-order valence-electron chi connectivity index (χ4n) is 2.33. The molecule has 1 unspecified atom stereocenters. The summed E-state index contributed by atoms with van der Waals surface area (Å²) in [5.41, 5.74) is -0.312. The fourth-order valence-corrected chi connectivity index (χ4v) is 4.82. The Hall–Kier alpha value is -1.64. The molecule has 2 heterocycles. The quantitative estimate of drug-likeness (QED) is 0.840. The summed E-state index contributed by atoms with van der Waals surface area (Å²) in [6, 6.07) is 3.46. The van der Waals surface area contributed by atoms with Crippen LogP contribution in [0.1, 0.15) is 33.7 Å². The zero-order chi connectivity index (χ0) is 16.5. The van der Waals surface area contributed by atoms with Gasteiger partial charge in [0.05, 0.1) is 0 Å². The van der Waals surface area contributed by atoms with Crippen LogP contribution in [0.15, 0.2) is 26.8 Å². The van der Waals surface area contributed by atoms with E-state index >= 15 is 0 Å². The van der Waals surface area contributed by atoms with Crippen molar-refractivity contribution in [1.82, 2.24) is 4.72 Å². The van der Waals surface area contributed by atoms with E-state index in [1.807, 2.05) is 17.5 Å². The average Bonchev–Trinajstić information content (AvgIpc) is 2.95. The van der Waals surface area contributed by atoms with Crippen LogP contribution in [-0.4, -0.2) is 25.5 Å². The predicted octanol–water partition coefficient (Wildman–Crippen LogP) is 2.57. The van der Waals surface area contributed by atoms with Crippen molar-refractivity contribution < 1.29 is 22.7 Å². The Kier molecular flexibility index (Phi) is 4.74. The molecule has 0 aliphatic carbocycles. The largest absolute Gasteiger partial charge is 0.478 e. The van der Waals surface area contributed by atoms with Crippen LogP contribution in [0.4, 0.5) is 0 Å². The van der Waals surface area contributed by atoms with Crippen molar-refractivity contribution in [3.63, 3.8) is 0 Å². The number of carbonyl (C=O) groups is 1. The molecule has 1 atom stereocenters. The van der Waals surface area contributed by atoms with Gasteiger partial charge in [0.15, 0.2) is 0 Å². The van der Waals surface area contributed by atoms with Gasteiger partial charge in [0, 0.05) is 10.9 Å². The predicted molar refractivity (Wildman–Crippen MR) is 82.9 cm³/mol. The van der Waals surface area contributed by atoms with Crippen molar-refractivity contribution in [1.29, 1.82) is 0 Å². The standard InChI is InChI=1S/C14H17NO5S2/c1-8(7-11-5-4-6-21-11)15-22(18,19)13-10(3)20-9(2)12(13)14(16)17/h4-6,8,15H,7H2,1-3H3,(H,16,17). The van der Waals surface area contributed by atoms with Gasteiger partial charge in [-0.1, -0.05) is 6.07 Å². The lowest BCUT2D eigenvalue weighted by Gasteiger charge is -2.13. The van der Waals surface area contributed by atoms with Crippen molar-refractivity contribution in [2.24, 2.45) is 0 Å². The van der Waals surface area contributed by atoms with Gasteiger partial charge in [-0.05, 0) is 38.6 Å². The van der Waals surface area contributed by atoms with Crippen LogP contribution >= 0.6 is 11.3 Å². The van der Waals surface area contributed by atoms with Crippen molar-refractivity contribution in [3.05, 3.63) is 39.5 Å². The molecule has 0 radical (unpaired) electrons. The lowest BCUT2D eigenvalue weighted by molar-refractivity contribution is 0.0691. The third-order valence-corrected chi connectivity index (χ3v) is 5.77. The van der Waals surface area contributed by atoms with E-state index in [-0.39, 0.29) is 28.0 Å². The van der Waals surface area contributed by atoms with Crippen molar-refractivity contribution in [2.75, 3.05) is 0 Å². The average molecular weight is 343 g/mol. The molecule has 0 saturated heterocycles. The molecule has 120 valence electrons. The monoisotopic (exact) mass is 343 g/mol. The van der Waals surface area contributed by atoms with E-state index in [4.69, 9.17) is 4.42 Å². The van der Waals surface area contributed by atoms with Gasteiger partial charge in [-0.3, -0.25) is 0 Å². The molecule has 2 rings (SSSR count). The van der Waals surface area contributed by atoms with Crippen LogP contribution in [0.25, 0.3) is 0 Å². The molecular weight excluding hydrogens is 326 g/mol. The maximum absolute atomic E-state index is 12.5. The smallest absolute Gasteiger partial charge is 0.340 e. The first-order chi connectivity index (χ1) is 10.2. The second-order valence-electron chi connectivity index (χ2n) is 5.03. The first-order valence-corrected chi connectivity index (χ1v) is 8.96. The maximum Gasteiger partial charge on any atom is 0.340 e. The number of furan rings is 1. The molecule has 2 N–H and O–H groups in total. The summed E-state index contributed by atoms with van der Waals surface area (Å²) < 4.78 is 32.7. The van der Waals surface area contributed by atoms with Gasteiger partial charge in [-0.15, -0.1) is 11.3 Å². The Morgan fingerprint density at radius 3 is 2.64 bits per heavy atom. The summed E-state index contributed by atoms with van der Waals surface area (Å²) >= 11 is 1.54. The lowest BCUT2D eigenvalue weighted by atomic mass is 10.2. The Bertz CT molecular complexity index is 775. The summed E-state index contributed by atoms with van der Waals surface area (Å²) in [6.45, 7) is 4.61. The van der Waals surface area contributed by atoms with E-state index in [1.54, 1.807) is 18.3 Å². The number of aryl methyl sites for hydroxylation is 2. The number of aromatic carboxylic acids is 1. The molecule has 0 aromatic carbocycles. The highest BCUT2D eigenvalue weighted by Gasteiger charge is 2.31. The first-order valence-electron chi connectivity index (χ1n) is 6.60. The SMILES string of the molecule is Cc1oc(C)c(S(=O)(=O)NC(C)Cc2cccs2)c1C(=O)O. The van der Waals surface area contributed by atoms with E-state index < -0.39 is 16.0 Å². The second-order valence-corrected chi connectivity index (χ2v) is 7.71. The molecule has 0 bridgehead atoms. The minimum Gasteiger partial charge on any atom is -0.478 e. The molecule has 6 nitrogen and oxygen atoms in total. The number of sulfonamides is 1. The van der Waals surface area contributed by atoms with E-state index in [0.29, 0.717) is 6.42 Å². The number of hydrogen-bond donors (Lipinski definition) is 2. The fraction of sp³-hybridized carbons (Fsp3) is 0.357. The van der Waals surface area contributed by atoms with Gasteiger partial charge >= 0.3 is 5.97 Å². The van der Waals surface area contributed by atoms with Crippen LogP contribution in [0.5, 0.6) is 0 Å². The highest BCUT2D eigenvalue weighted by atomic mass is 32.2. The molecular formula is C14H17NO5S2. The molecule has 0 spiro atoms. The van der Waals surface area contributed by atoms with Crippen molar-refractivity contribution in [3.8, 4) is 0 Å². The van der Waals surface area contributed by atoms with E-state index in [9.17, 15) is 18.3 Å². The minimum atomic E-state index is -3.97. The van der Waals surface area contributed by atoms with Gasteiger partial charge in [0.1, 0.15) is 22.0 Å². The highest BCUT2D eigenvalue weighted by molar-refractivity contribution is 7.89. The van der Waals surface area contributed by atoms with Gasteiger partial charge in [-0.2, -0.15) is 0 Å². The van der Waals surface area contributed by atoms with Crippen molar-refractivity contribution in [2.45, 2.75) is 38.1 Å². The number of hydrogen-bond acceptors (Lipinski definition) is 5. The molecule has 2 aromatic rings. The number of thiophene rings is 1. The third-order valence-electron chi connectivity index (χ3n) is 3.13. The van der Waals surface area contributed by atoms with Gasteiger partial charge in [0.2, 0.25) is 10.0 Å². The van der Waals surface area contributed by atoms with E-state index in [2.05, 4.69) is 4.72 Å². The maximum atomic E-state index is 12.5. The number of rotatable bonds is 6. The van der Waals surface area contributed by atoms with Gasteiger partial charge in [0.25, 0.3) is 0 Å². The summed E-state index contributed by atoms with van der Waals surface area (Å²) in [5.74, 6) is -1.16. The van der Waals surface area contributed by atoms with Crippen LogP contribution in [0.2, 0.25) is 0 Å². The normalized spacial score (nSPS) is 13.2. The van der Waals surface area contributed by atoms with Gasteiger partial charge in [-0.25, -0.2) is 17.9 Å².